The van der Waals surface area contributed by atoms with Gasteiger partial charge < -0.3 is 53.5 Å². The highest BCUT2D eigenvalue weighted by atomic mass is 16.6. The van der Waals surface area contributed by atoms with E-state index >= 15 is 0 Å². The minimum Gasteiger partial charge on any atom is -0.386 e. The van der Waals surface area contributed by atoms with Crippen LogP contribution in [0.4, 0.5) is 5.69 Å². The number of hydrogen-bond acceptors (Lipinski definition) is 12. The van der Waals surface area contributed by atoms with E-state index in [-0.39, 0.29) is 30.4 Å². The number of benzene rings is 1. The number of rotatable bonds is 28. The van der Waals surface area contributed by atoms with Gasteiger partial charge in [-0.25, -0.2) is 0 Å². The monoisotopic (exact) mass is 668 g/mol. The highest BCUT2D eigenvalue weighted by Crippen LogP contribution is 2.31. The van der Waals surface area contributed by atoms with E-state index < -0.39 is 0 Å². The van der Waals surface area contributed by atoms with Gasteiger partial charge in [0, 0.05) is 44.0 Å². The van der Waals surface area contributed by atoms with Crippen molar-refractivity contribution < 1.29 is 52.4 Å². The number of oxime groups is 1. The van der Waals surface area contributed by atoms with Gasteiger partial charge in [0.2, 0.25) is 5.91 Å². The van der Waals surface area contributed by atoms with Crippen LogP contribution >= 0.6 is 0 Å². The molecule has 0 saturated heterocycles. The number of hydrogen-bond donors (Lipinski definition) is 2. The maximum atomic E-state index is 12.5. The van der Waals surface area contributed by atoms with Gasteiger partial charge in [-0.05, 0) is 43.5 Å². The van der Waals surface area contributed by atoms with E-state index in [0.29, 0.717) is 111 Å². The number of fused-ring (bicyclic) bond motifs is 1. The molecular formula is C32H52N4O11. The molecule has 47 heavy (non-hydrogen) atoms. The van der Waals surface area contributed by atoms with Crippen LogP contribution in [-0.4, -0.2) is 143 Å². The fraction of sp³-hybridized carbons (Fsp3) is 0.688. The number of carbonyl (C=O) groups excluding carboxylic acids is 3. The second kappa shape index (κ2) is 25.9. The third-order valence-electron chi connectivity index (χ3n) is 6.83. The first-order chi connectivity index (χ1) is 22.9. The number of ether oxygens (including phenoxy) is 7. The first-order valence-corrected chi connectivity index (χ1v) is 16.0. The molecule has 2 rings (SSSR count). The first kappa shape index (κ1) is 40.0. The Hall–Kier alpha value is -3.18. The Morgan fingerprint density at radius 2 is 1.23 bits per heavy atom. The first-order valence-electron chi connectivity index (χ1n) is 16.0. The highest BCUT2D eigenvalue weighted by Gasteiger charge is 2.26. The Morgan fingerprint density at radius 3 is 1.70 bits per heavy atom. The van der Waals surface area contributed by atoms with Crippen LogP contribution in [0.1, 0.15) is 36.2 Å². The molecule has 0 aromatic heterocycles. The Kier molecular flexibility index (Phi) is 22.0. The molecule has 1 heterocycles. The molecule has 0 unspecified atom stereocenters. The molecule has 1 aromatic carbocycles. The molecule has 0 radical (unpaired) electrons. The van der Waals surface area contributed by atoms with Gasteiger partial charge in [-0.3, -0.25) is 14.4 Å². The van der Waals surface area contributed by atoms with Crippen LogP contribution in [-0.2, 0) is 54.0 Å². The predicted octanol–water partition coefficient (Wildman–Crippen LogP) is 0.969. The van der Waals surface area contributed by atoms with Crippen molar-refractivity contribution in [2.45, 2.75) is 32.7 Å². The van der Waals surface area contributed by atoms with Crippen molar-refractivity contribution in [1.29, 1.82) is 0 Å². The molecule has 0 spiro atoms. The minimum absolute atomic E-state index is 0.0138. The molecule has 15 nitrogen and oxygen atoms in total. The Labute approximate surface area is 277 Å². The zero-order valence-corrected chi connectivity index (χ0v) is 27.8. The van der Waals surface area contributed by atoms with Gasteiger partial charge >= 0.3 is 0 Å². The van der Waals surface area contributed by atoms with Gasteiger partial charge in [-0.15, -0.1) is 5.16 Å². The van der Waals surface area contributed by atoms with E-state index in [1.54, 1.807) is 17.9 Å². The van der Waals surface area contributed by atoms with Gasteiger partial charge in [0.15, 0.2) is 6.61 Å². The van der Waals surface area contributed by atoms with Crippen molar-refractivity contribution >= 4 is 30.1 Å². The fourth-order valence-corrected chi connectivity index (χ4v) is 4.55. The third-order valence-corrected chi connectivity index (χ3v) is 6.83. The van der Waals surface area contributed by atoms with Crippen LogP contribution in [0.2, 0.25) is 0 Å². The number of nitrogens with one attached hydrogen (secondary N) is 2. The van der Waals surface area contributed by atoms with Crippen LogP contribution in [0.3, 0.4) is 0 Å². The maximum absolute atomic E-state index is 12.5. The summed E-state index contributed by atoms with van der Waals surface area (Å²) in [7, 11) is 0. The van der Waals surface area contributed by atoms with Crippen molar-refractivity contribution in [2.24, 2.45) is 5.16 Å². The van der Waals surface area contributed by atoms with Crippen molar-refractivity contribution in [3.8, 4) is 0 Å². The largest absolute Gasteiger partial charge is 0.386 e. The fourth-order valence-electron chi connectivity index (χ4n) is 4.55. The van der Waals surface area contributed by atoms with Crippen LogP contribution < -0.4 is 15.5 Å². The second-order valence-corrected chi connectivity index (χ2v) is 10.4. The second-order valence-electron chi connectivity index (χ2n) is 10.4. The molecule has 3 amide bonds. The smallest absolute Gasteiger partial charge is 0.260 e. The molecule has 1 atom stereocenters. The molecule has 1 aliphatic heterocycles. The highest BCUT2D eigenvalue weighted by molar-refractivity contribution is 5.97. The SMILES string of the molecule is C=NOCC(=O)NCCOCCOCCOCCOCCOCCOCCOCCNC(=O)c1ccc2c(c1)CC[C@@H](C)N2C(C)=O. The average Bonchev–Trinajstić information content (AvgIpc) is 3.06. The van der Waals surface area contributed by atoms with Gasteiger partial charge in [-0.2, -0.15) is 0 Å². The van der Waals surface area contributed by atoms with E-state index in [1.165, 1.54) is 0 Å². The summed E-state index contributed by atoms with van der Waals surface area (Å²) in [6.07, 6.45) is 1.72. The van der Waals surface area contributed by atoms with E-state index in [2.05, 4.69) is 27.3 Å². The van der Waals surface area contributed by atoms with Gasteiger partial charge in [-0.1, -0.05) is 0 Å². The van der Waals surface area contributed by atoms with Crippen LogP contribution in [0, 0.1) is 0 Å². The topological polar surface area (TPSA) is 165 Å². The third kappa shape index (κ3) is 18.1. The van der Waals surface area contributed by atoms with Crippen molar-refractivity contribution in [2.75, 3.05) is 117 Å². The van der Waals surface area contributed by atoms with Crippen LogP contribution in [0.5, 0.6) is 0 Å². The summed E-state index contributed by atoms with van der Waals surface area (Å²) in [4.78, 5) is 42.1. The molecule has 0 aliphatic carbocycles. The molecule has 0 bridgehead atoms. The van der Waals surface area contributed by atoms with Gasteiger partial charge in [0.1, 0.15) is 0 Å². The van der Waals surface area contributed by atoms with Crippen molar-refractivity contribution in [1.82, 2.24) is 10.6 Å². The number of aryl methyl sites for hydroxylation is 1. The van der Waals surface area contributed by atoms with Crippen molar-refractivity contribution in [3.05, 3.63) is 29.3 Å². The number of carbonyl (C=O) groups is 3. The summed E-state index contributed by atoms with van der Waals surface area (Å²) in [5.74, 6) is -0.430. The van der Waals surface area contributed by atoms with E-state index in [9.17, 15) is 14.4 Å². The lowest BCUT2D eigenvalue weighted by Crippen LogP contribution is -2.40. The average molecular weight is 669 g/mol. The number of nitrogens with zero attached hydrogens (tertiary/aromatic N) is 2. The molecule has 0 fully saturated rings. The Balaban J connectivity index is 1.29. The maximum Gasteiger partial charge on any atom is 0.260 e. The summed E-state index contributed by atoms with van der Waals surface area (Å²) in [5.41, 5.74) is 2.49. The molecule has 15 heteroatoms. The van der Waals surface area contributed by atoms with Crippen LogP contribution in [0.25, 0.3) is 0 Å². The molecule has 2 N–H and O–H groups in total. The zero-order chi connectivity index (χ0) is 34.0. The summed E-state index contributed by atoms with van der Waals surface area (Å²) >= 11 is 0. The summed E-state index contributed by atoms with van der Waals surface area (Å²) in [6, 6.07) is 5.65. The minimum atomic E-state index is -0.282. The van der Waals surface area contributed by atoms with E-state index in [4.69, 9.17) is 33.2 Å². The van der Waals surface area contributed by atoms with Gasteiger partial charge in [0.05, 0.1) is 92.5 Å². The summed E-state index contributed by atoms with van der Waals surface area (Å²) < 4.78 is 38.1. The lowest BCUT2D eigenvalue weighted by atomic mass is 9.94. The molecule has 1 aromatic rings. The molecule has 0 saturated carbocycles. The normalized spacial score (nSPS) is 14.0. The predicted molar refractivity (Wildman–Crippen MR) is 174 cm³/mol. The molecule has 266 valence electrons. The summed E-state index contributed by atoms with van der Waals surface area (Å²) in [6.45, 7) is 13.5. The van der Waals surface area contributed by atoms with Gasteiger partial charge in [0.25, 0.3) is 11.8 Å². The van der Waals surface area contributed by atoms with E-state index in [1.807, 2.05) is 19.1 Å². The number of amides is 3. The van der Waals surface area contributed by atoms with Crippen molar-refractivity contribution in [3.63, 3.8) is 0 Å². The van der Waals surface area contributed by atoms with E-state index in [0.717, 1.165) is 24.1 Å². The Morgan fingerprint density at radius 1 is 0.766 bits per heavy atom. The lowest BCUT2D eigenvalue weighted by molar-refractivity contribution is -0.125. The Bertz CT molecular complexity index is 1050. The number of anilines is 1. The van der Waals surface area contributed by atoms with Crippen LogP contribution in [0.15, 0.2) is 23.4 Å². The quantitative estimate of drug-likeness (QED) is 0.0743. The standard InChI is InChI=1S/C32H52N4O11/c1-26-4-5-28-24-29(6-7-30(28)36(26)27(2)37)32(39)35-9-11-41-13-15-43-17-19-45-21-23-46-22-20-44-18-16-42-14-12-40-10-8-34-31(38)25-47-33-3/h6-7,24,26H,3-5,8-23,25H2,1-2H3,(H,34,38)(H,35,39)/t26-/m1/s1. The molecular weight excluding hydrogens is 616 g/mol. The lowest BCUT2D eigenvalue weighted by Gasteiger charge is -2.34. The molecule has 1 aliphatic rings. The summed E-state index contributed by atoms with van der Waals surface area (Å²) in [5, 5.41) is 8.62. The zero-order valence-electron chi connectivity index (χ0n) is 27.8.